The van der Waals surface area contributed by atoms with Crippen LogP contribution in [0.4, 0.5) is 11.8 Å². The minimum atomic E-state index is 0.386. The van der Waals surface area contributed by atoms with Crippen molar-refractivity contribution in [2.24, 2.45) is 5.92 Å². The molecule has 2 unspecified atom stereocenters. The van der Waals surface area contributed by atoms with Crippen molar-refractivity contribution >= 4 is 33.3 Å². The topological polar surface area (TPSA) is 55.0 Å². The van der Waals surface area contributed by atoms with E-state index in [-0.39, 0.29) is 0 Å². The van der Waals surface area contributed by atoms with Crippen LogP contribution in [0.25, 0.3) is 10.2 Å². The fraction of sp³-hybridized carbons (Fsp3) is 0.625. The van der Waals surface area contributed by atoms with Gasteiger partial charge in [-0.25, -0.2) is 4.98 Å². The van der Waals surface area contributed by atoms with Gasteiger partial charge in [0.05, 0.1) is 5.39 Å². The molecule has 2 atom stereocenters. The molecule has 1 fully saturated rings. The number of nitrogens with two attached hydrogens (primary N) is 1. The number of fused-ring (bicyclic) bond motifs is 1. The van der Waals surface area contributed by atoms with Crippen LogP contribution in [0.5, 0.6) is 0 Å². The van der Waals surface area contributed by atoms with Gasteiger partial charge in [0, 0.05) is 18.0 Å². The van der Waals surface area contributed by atoms with Crippen molar-refractivity contribution in [2.45, 2.75) is 52.0 Å². The zero-order valence-electron chi connectivity index (χ0n) is 13.1. The van der Waals surface area contributed by atoms with Crippen molar-refractivity contribution < 1.29 is 0 Å². The zero-order chi connectivity index (χ0) is 15.0. The average Bonchev–Trinajstić information content (AvgIpc) is 2.89. The second-order valence-electron chi connectivity index (χ2n) is 6.13. The number of nitrogen functional groups attached to an aromatic ring is 1. The van der Waals surface area contributed by atoms with Crippen molar-refractivity contribution in [3.63, 3.8) is 0 Å². The van der Waals surface area contributed by atoms with Crippen LogP contribution in [0.3, 0.4) is 0 Å². The number of anilines is 2. The summed E-state index contributed by atoms with van der Waals surface area (Å²) in [5, 5.41) is 1.16. The van der Waals surface area contributed by atoms with E-state index in [9.17, 15) is 0 Å². The van der Waals surface area contributed by atoms with Gasteiger partial charge in [0.15, 0.2) is 0 Å². The number of hydrogen-bond donors (Lipinski definition) is 1. The van der Waals surface area contributed by atoms with Crippen LogP contribution in [-0.2, 0) is 6.42 Å². The van der Waals surface area contributed by atoms with Gasteiger partial charge < -0.3 is 10.6 Å². The first kappa shape index (κ1) is 14.6. The van der Waals surface area contributed by atoms with Crippen molar-refractivity contribution in [3.05, 3.63) is 10.9 Å². The van der Waals surface area contributed by atoms with Gasteiger partial charge in [-0.3, -0.25) is 0 Å². The quantitative estimate of drug-likeness (QED) is 0.935. The summed E-state index contributed by atoms with van der Waals surface area (Å²) >= 11 is 1.73. The number of rotatable bonds is 3. The first-order chi connectivity index (χ1) is 10.1. The first-order valence-corrected chi connectivity index (χ1v) is 8.70. The summed E-state index contributed by atoms with van der Waals surface area (Å²) in [6.45, 7) is 4.53. The molecule has 4 nitrogen and oxygen atoms in total. The van der Waals surface area contributed by atoms with E-state index >= 15 is 0 Å². The molecule has 5 heteroatoms. The number of thiophene rings is 1. The van der Waals surface area contributed by atoms with Crippen molar-refractivity contribution in [3.8, 4) is 0 Å². The van der Waals surface area contributed by atoms with Gasteiger partial charge in [-0.05, 0) is 31.2 Å². The van der Waals surface area contributed by atoms with E-state index in [1.165, 1.54) is 30.6 Å². The molecule has 114 valence electrons. The molecule has 1 saturated carbocycles. The molecule has 0 aromatic carbocycles. The van der Waals surface area contributed by atoms with Gasteiger partial charge in [-0.1, -0.05) is 26.7 Å². The van der Waals surface area contributed by atoms with Crippen molar-refractivity contribution in [1.82, 2.24) is 9.97 Å². The summed E-state index contributed by atoms with van der Waals surface area (Å²) in [5.41, 5.74) is 5.94. The maximum absolute atomic E-state index is 5.94. The van der Waals surface area contributed by atoms with Crippen LogP contribution in [0.2, 0.25) is 0 Å². The standard InChI is InChI=1S/C16H24N4S/c1-4-11-9-12-14(18-16(17)19-15(12)21-11)20(3)13-8-6-5-7-10(13)2/h9-10,13H,4-8H2,1-3H3,(H2,17,18,19). The molecule has 0 radical (unpaired) electrons. The number of aromatic nitrogens is 2. The lowest BCUT2D eigenvalue weighted by Gasteiger charge is -2.37. The van der Waals surface area contributed by atoms with E-state index in [2.05, 4.69) is 41.8 Å². The largest absolute Gasteiger partial charge is 0.368 e. The minimum Gasteiger partial charge on any atom is -0.368 e. The molecule has 21 heavy (non-hydrogen) atoms. The van der Waals surface area contributed by atoms with E-state index in [1.807, 2.05) is 0 Å². The van der Waals surface area contributed by atoms with Gasteiger partial charge in [0.2, 0.25) is 5.95 Å². The second kappa shape index (κ2) is 5.79. The molecule has 2 aromatic heterocycles. The maximum Gasteiger partial charge on any atom is 0.223 e. The van der Waals surface area contributed by atoms with Gasteiger partial charge in [-0.2, -0.15) is 4.98 Å². The molecule has 0 saturated heterocycles. The van der Waals surface area contributed by atoms with Gasteiger partial charge in [-0.15, -0.1) is 11.3 Å². The van der Waals surface area contributed by atoms with Crippen LogP contribution in [0.15, 0.2) is 6.07 Å². The van der Waals surface area contributed by atoms with E-state index in [4.69, 9.17) is 5.73 Å². The third-order valence-corrected chi connectivity index (χ3v) is 5.86. The highest BCUT2D eigenvalue weighted by Gasteiger charge is 2.27. The Kier molecular flexibility index (Phi) is 4.02. The molecular weight excluding hydrogens is 280 g/mol. The van der Waals surface area contributed by atoms with Crippen LogP contribution in [0, 0.1) is 5.92 Å². The van der Waals surface area contributed by atoms with E-state index in [0.717, 1.165) is 22.5 Å². The number of aryl methyl sites for hydroxylation is 1. The Morgan fingerprint density at radius 3 is 2.81 bits per heavy atom. The Hall–Kier alpha value is -1.36. The Balaban J connectivity index is 2.03. The molecule has 0 spiro atoms. The molecular formula is C16H24N4S. The van der Waals surface area contributed by atoms with Crippen LogP contribution < -0.4 is 10.6 Å². The summed E-state index contributed by atoms with van der Waals surface area (Å²) in [6.07, 6.45) is 6.25. The third-order valence-electron chi connectivity index (χ3n) is 4.69. The fourth-order valence-corrected chi connectivity index (χ4v) is 4.41. The predicted octanol–water partition coefficient (Wildman–Crippen LogP) is 3.85. The highest BCUT2D eigenvalue weighted by atomic mass is 32.1. The third kappa shape index (κ3) is 2.71. The minimum absolute atomic E-state index is 0.386. The number of nitrogens with zero attached hydrogens (tertiary/aromatic N) is 3. The molecule has 2 aromatic rings. The lowest BCUT2D eigenvalue weighted by Crippen LogP contribution is -2.39. The maximum atomic E-state index is 5.94. The first-order valence-electron chi connectivity index (χ1n) is 7.89. The monoisotopic (exact) mass is 304 g/mol. The molecule has 0 bridgehead atoms. The molecule has 3 rings (SSSR count). The Morgan fingerprint density at radius 1 is 1.33 bits per heavy atom. The van der Waals surface area contributed by atoms with Crippen LogP contribution >= 0.6 is 11.3 Å². The Bertz CT molecular complexity index is 636. The van der Waals surface area contributed by atoms with Gasteiger partial charge in [0.25, 0.3) is 0 Å². The van der Waals surface area contributed by atoms with Crippen molar-refractivity contribution in [1.29, 1.82) is 0 Å². The summed E-state index contributed by atoms with van der Waals surface area (Å²) in [4.78, 5) is 13.7. The average molecular weight is 304 g/mol. The molecule has 1 aliphatic carbocycles. The summed E-state index contributed by atoms with van der Waals surface area (Å²) in [7, 11) is 2.16. The second-order valence-corrected chi connectivity index (χ2v) is 7.25. The lowest BCUT2D eigenvalue weighted by atomic mass is 9.85. The fourth-order valence-electron chi connectivity index (χ4n) is 3.44. The zero-order valence-corrected chi connectivity index (χ0v) is 13.9. The molecule has 1 aliphatic rings. The van der Waals surface area contributed by atoms with Gasteiger partial charge >= 0.3 is 0 Å². The highest BCUT2D eigenvalue weighted by molar-refractivity contribution is 7.18. The SMILES string of the molecule is CCc1cc2c(N(C)C3CCCCC3C)nc(N)nc2s1. The van der Waals surface area contributed by atoms with Crippen molar-refractivity contribution in [2.75, 3.05) is 17.7 Å². The molecule has 0 aliphatic heterocycles. The lowest BCUT2D eigenvalue weighted by molar-refractivity contribution is 0.321. The van der Waals surface area contributed by atoms with Crippen LogP contribution in [0.1, 0.15) is 44.4 Å². The Labute approximate surface area is 130 Å². The Morgan fingerprint density at radius 2 is 2.10 bits per heavy atom. The highest BCUT2D eigenvalue weighted by Crippen LogP contribution is 2.35. The molecule has 2 heterocycles. The van der Waals surface area contributed by atoms with E-state index in [0.29, 0.717) is 17.9 Å². The van der Waals surface area contributed by atoms with Gasteiger partial charge in [0.1, 0.15) is 10.6 Å². The normalized spacial score (nSPS) is 22.6. The summed E-state index contributed by atoms with van der Waals surface area (Å²) in [6, 6.07) is 2.79. The van der Waals surface area contributed by atoms with E-state index < -0.39 is 0 Å². The van der Waals surface area contributed by atoms with E-state index in [1.54, 1.807) is 11.3 Å². The summed E-state index contributed by atoms with van der Waals surface area (Å²) < 4.78 is 0. The number of hydrogen-bond acceptors (Lipinski definition) is 5. The van der Waals surface area contributed by atoms with Crippen LogP contribution in [-0.4, -0.2) is 23.1 Å². The molecule has 2 N–H and O–H groups in total. The molecule has 0 amide bonds. The predicted molar refractivity (Wildman–Crippen MR) is 91.0 cm³/mol. The smallest absolute Gasteiger partial charge is 0.223 e. The summed E-state index contributed by atoms with van der Waals surface area (Å²) in [5.74, 6) is 2.10.